The highest BCUT2D eigenvalue weighted by Crippen LogP contribution is 2.41. The SMILES string of the molecule is CC(=O)O[C@H](C(=O)O[C@@H]1C[C@@H]2C=C[C@H]1C2)c1ccccc1. The highest BCUT2D eigenvalue weighted by molar-refractivity contribution is 5.80. The second kappa shape index (κ2) is 5.72. The van der Waals surface area contributed by atoms with E-state index >= 15 is 0 Å². The molecule has 4 heteroatoms. The molecule has 3 rings (SSSR count). The van der Waals surface area contributed by atoms with Crippen LogP contribution in [0, 0.1) is 11.8 Å². The lowest BCUT2D eigenvalue weighted by molar-refractivity contribution is -0.172. The number of fused-ring (bicyclic) bond motifs is 2. The Balaban J connectivity index is 1.72. The van der Waals surface area contributed by atoms with E-state index in [1.165, 1.54) is 6.92 Å². The molecule has 0 amide bonds. The zero-order valence-corrected chi connectivity index (χ0v) is 11.9. The highest BCUT2D eigenvalue weighted by Gasteiger charge is 2.39. The predicted octanol–water partition coefficient (Wildman–Crippen LogP) is 2.80. The summed E-state index contributed by atoms with van der Waals surface area (Å²) in [5.74, 6) is -0.139. The summed E-state index contributed by atoms with van der Waals surface area (Å²) >= 11 is 0. The van der Waals surface area contributed by atoms with Gasteiger partial charge in [-0.3, -0.25) is 4.79 Å². The summed E-state index contributed by atoms with van der Waals surface area (Å²) in [6, 6.07) is 8.98. The average Bonchev–Trinajstić information content (AvgIpc) is 3.08. The molecule has 0 radical (unpaired) electrons. The van der Waals surface area contributed by atoms with Crippen LogP contribution in [0.15, 0.2) is 42.5 Å². The number of carbonyl (C=O) groups excluding carboxylic acids is 2. The standard InChI is InChI=1S/C17H18O4/c1-11(18)20-16(13-5-3-2-4-6-13)17(19)21-15-10-12-7-8-14(15)9-12/h2-8,12,14-16H,9-10H2,1H3/t12-,14+,15-,16+/m1/s1. The van der Waals surface area contributed by atoms with Crippen LogP contribution in [-0.2, 0) is 19.1 Å². The first kappa shape index (κ1) is 13.9. The van der Waals surface area contributed by atoms with Crippen LogP contribution in [0.5, 0.6) is 0 Å². The van der Waals surface area contributed by atoms with Gasteiger partial charge in [0.1, 0.15) is 6.10 Å². The van der Waals surface area contributed by atoms with E-state index < -0.39 is 18.0 Å². The Morgan fingerprint density at radius 3 is 2.48 bits per heavy atom. The van der Waals surface area contributed by atoms with Crippen LogP contribution in [0.2, 0.25) is 0 Å². The summed E-state index contributed by atoms with van der Waals surface area (Å²) in [6.45, 7) is 1.30. The number of allylic oxidation sites excluding steroid dienone is 1. The van der Waals surface area contributed by atoms with Gasteiger partial charge in [-0.05, 0) is 18.8 Å². The third kappa shape index (κ3) is 2.99. The minimum atomic E-state index is -0.980. The van der Waals surface area contributed by atoms with Gasteiger partial charge in [0.25, 0.3) is 0 Å². The highest BCUT2D eigenvalue weighted by atomic mass is 16.6. The Kier molecular flexibility index (Phi) is 3.78. The van der Waals surface area contributed by atoms with Gasteiger partial charge in [-0.15, -0.1) is 0 Å². The summed E-state index contributed by atoms with van der Waals surface area (Å²) in [7, 11) is 0. The molecular formula is C17H18O4. The van der Waals surface area contributed by atoms with Gasteiger partial charge in [-0.1, -0.05) is 42.5 Å². The molecule has 0 unspecified atom stereocenters. The van der Waals surface area contributed by atoms with Crippen molar-refractivity contribution in [3.8, 4) is 0 Å². The van der Waals surface area contributed by atoms with Crippen molar-refractivity contribution in [3.05, 3.63) is 48.0 Å². The molecule has 4 atom stereocenters. The van der Waals surface area contributed by atoms with Crippen LogP contribution < -0.4 is 0 Å². The third-order valence-corrected chi connectivity index (χ3v) is 4.09. The summed E-state index contributed by atoms with van der Waals surface area (Å²) in [5, 5.41) is 0. The first-order chi connectivity index (χ1) is 10.1. The molecule has 2 aliphatic carbocycles. The molecule has 110 valence electrons. The molecule has 0 heterocycles. The summed E-state index contributed by atoms with van der Waals surface area (Å²) in [4.78, 5) is 23.6. The second-order valence-electron chi connectivity index (χ2n) is 5.66. The zero-order valence-electron chi connectivity index (χ0n) is 11.9. The molecule has 0 aliphatic heterocycles. The lowest BCUT2D eigenvalue weighted by Gasteiger charge is -2.22. The van der Waals surface area contributed by atoms with Crippen molar-refractivity contribution < 1.29 is 19.1 Å². The van der Waals surface area contributed by atoms with E-state index in [-0.39, 0.29) is 6.10 Å². The summed E-state index contributed by atoms with van der Waals surface area (Å²) in [5.41, 5.74) is 0.636. The van der Waals surface area contributed by atoms with Crippen molar-refractivity contribution >= 4 is 11.9 Å². The lowest BCUT2D eigenvalue weighted by atomic mass is 10.0. The molecule has 1 aromatic rings. The van der Waals surface area contributed by atoms with Crippen LogP contribution in [0.1, 0.15) is 31.4 Å². The normalized spacial score (nSPS) is 27.4. The quantitative estimate of drug-likeness (QED) is 0.631. The van der Waals surface area contributed by atoms with Gasteiger partial charge in [0.15, 0.2) is 0 Å². The number of hydrogen-bond acceptors (Lipinski definition) is 4. The van der Waals surface area contributed by atoms with Gasteiger partial charge in [0.2, 0.25) is 6.10 Å². The monoisotopic (exact) mass is 286 g/mol. The van der Waals surface area contributed by atoms with Crippen LogP contribution in [0.25, 0.3) is 0 Å². The number of carbonyl (C=O) groups is 2. The van der Waals surface area contributed by atoms with E-state index in [9.17, 15) is 9.59 Å². The van der Waals surface area contributed by atoms with Gasteiger partial charge in [-0.2, -0.15) is 0 Å². The van der Waals surface area contributed by atoms with Crippen molar-refractivity contribution in [2.24, 2.45) is 11.8 Å². The van der Waals surface area contributed by atoms with Crippen molar-refractivity contribution in [3.63, 3.8) is 0 Å². The lowest BCUT2D eigenvalue weighted by Crippen LogP contribution is -2.28. The first-order valence-corrected chi connectivity index (χ1v) is 7.24. The molecule has 1 saturated carbocycles. The fraction of sp³-hybridized carbons (Fsp3) is 0.412. The summed E-state index contributed by atoms with van der Waals surface area (Å²) < 4.78 is 10.8. The molecule has 21 heavy (non-hydrogen) atoms. The predicted molar refractivity (Wildman–Crippen MR) is 76.2 cm³/mol. The number of benzene rings is 1. The maximum absolute atomic E-state index is 12.4. The van der Waals surface area contributed by atoms with Crippen LogP contribution in [0.4, 0.5) is 0 Å². The molecule has 0 saturated heterocycles. The topological polar surface area (TPSA) is 52.6 Å². The van der Waals surface area contributed by atoms with E-state index in [4.69, 9.17) is 9.47 Å². The van der Waals surface area contributed by atoms with Crippen molar-refractivity contribution in [2.45, 2.75) is 32.0 Å². The minimum absolute atomic E-state index is 0.0886. The molecule has 2 bridgehead atoms. The summed E-state index contributed by atoms with van der Waals surface area (Å²) in [6.07, 6.45) is 5.17. The maximum Gasteiger partial charge on any atom is 0.352 e. The van der Waals surface area contributed by atoms with Gasteiger partial charge in [0.05, 0.1) is 0 Å². The number of ether oxygens (including phenoxy) is 2. The average molecular weight is 286 g/mol. The van der Waals surface area contributed by atoms with Crippen molar-refractivity contribution in [1.82, 2.24) is 0 Å². The van der Waals surface area contributed by atoms with Crippen molar-refractivity contribution in [2.75, 3.05) is 0 Å². The molecular weight excluding hydrogens is 268 g/mol. The largest absolute Gasteiger partial charge is 0.459 e. The Morgan fingerprint density at radius 2 is 1.90 bits per heavy atom. The Bertz CT molecular complexity index is 563. The van der Waals surface area contributed by atoms with Gasteiger partial charge in [-0.25, -0.2) is 4.79 Å². The van der Waals surface area contributed by atoms with Gasteiger partial charge < -0.3 is 9.47 Å². The Labute approximate surface area is 123 Å². The fourth-order valence-electron chi connectivity index (χ4n) is 3.12. The van der Waals surface area contributed by atoms with Crippen molar-refractivity contribution in [1.29, 1.82) is 0 Å². The van der Waals surface area contributed by atoms with Gasteiger partial charge in [0, 0.05) is 18.4 Å². The first-order valence-electron chi connectivity index (χ1n) is 7.24. The van der Waals surface area contributed by atoms with E-state index in [0.29, 0.717) is 17.4 Å². The maximum atomic E-state index is 12.4. The molecule has 0 N–H and O–H groups in total. The molecule has 1 aromatic carbocycles. The van der Waals surface area contributed by atoms with E-state index in [1.807, 2.05) is 6.07 Å². The van der Waals surface area contributed by atoms with E-state index in [0.717, 1.165) is 12.8 Å². The Morgan fingerprint density at radius 1 is 1.14 bits per heavy atom. The molecule has 2 aliphatic rings. The molecule has 4 nitrogen and oxygen atoms in total. The van der Waals surface area contributed by atoms with E-state index in [1.54, 1.807) is 24.3 Å². The minimum Gasteiger partial charge on any atom is -0.459 e. The molecule has 0 aromatic heterocycles. The van der Waals surface area contributed by atoms with Gasteiger partial charge >= 0.3 is 11.9 Å². The van der Waals surface area contributed by atoms with Crippen LogP contribution in [0.3, 0.4) is 0 Å². The number of rotatable bonds is 4. The zero-order chi connectivity index (χ0) is 14.8. The number of esters is 2. The second-order valence-corrected chi connectivity index (χ2v) is 5.66. The smallest absolute Gasteiger partial charge is 0.352 e. The van der Waals surface area contributed by atoms with Crippen LogP contribution in [-0.4, -0.2) is 18.0 Å². The Hall–Kier alpha value is -2.10. The third-order valence-electron chi connectivity index (χ3n) is 4.09. The van der Waals surface area contributed by atoms with E-state index in [2.05, 4.69) is 12.2 Å². The fourth-order valence-corrected chi connectivity index (χ4v) is 3.12. The molecule has 1 fully saturated rings. The number of hydrogen-bond donors (Lipinski definition) is 0. The molecule has 0 spiro atoms. The van der Waals surface area contributed by atoms with Crippen LogP contribution >= 0.6 is 0 Å².